The molecular formula is C17H12F7N3O. The Hall–Kier alpha value is -2.85. The van der Waals surface area contributed by atoms with Crippen molar-refractivity contribution in [2.75, 3.05) is 31.1 Å². The van der Waals surface area contributed by atoms with Gasteiger partial charge in [-0.2, -0.15) is 35.7 Å². The largest absolute Gasteiger partial charge is 0.416 e. The Balaban J connectivity index is 1.76. The number of anilines is 1. The second-order valence-electron chi connectivity index (χ2n) is 6.03. The predicted octanol–water partition coefficient (Wildman–Crippen LogP) is 3.62. The lowest BCUT2D eigenvalue weighted by Crippen LogP contribution is -2.49. The van der Waals surface area contributed by atoms with Gasteiger partial charge in [-0.1, -0.05) is 6.07 Å². The van der Waals surface area contributed by atoms with Gasteiger partial charge in [-0.15, -0.1) is 0 Å². The van der Waals surface area contributed by atoms with Gasteiger partial charge in [0.2, 0.25) is 11.6 Å². The molecule has 1 saturated heterocycles. The van der Waals surface area contributed by atoms with Crippen molar-refractivity contribution >= 4 is 11.6 Å². The first-order valence-electron chi connectivity index (χ1n) is 8.01. The Kier molecular flexibility index (Phi) is 5.18. The van der Waals surface area contributed by atoms with Crippen LogP contribution < -0.4 is 4.90 Å². The highest BCUT2D eigenvalue weighted by atomic mass is 19.4. The number of hydrogen-bond acceptors (Lipinski definition) is 3. The molecule has 1 aromatic carbocycles. The summed E-state index contributed by atoms with van der Waals surface area (Å²) in [5.74, 6) is -7.60. The number of carbonyl (C=O) groups is 1. The van der Waals surface area contributed by atoms with E-state index >= 15 is 0 Å². The maximum atomic E-state index is 13.8. The van der Waals surface area contributed by atoms with Gasteiger partial charge in [0.05, 0.1) is 5.56 Å². The third-order valence-electron chi connectivity index (χ3n) is 4.29. The lowest BCUT2D eigenvalue weighted by Gasteiger charge is -2.36. The molecule has 2 heterocycles. The first-order chi connectivity index (χ1) is 13.1. The zero-order chi connectivity index (χ0) is 20.6. The number of nitrogens with zero attached hydrogens (tertiary/aromatic N) is 3. The molecule has 1 fully saturated rings. The maximum Gasteiger partial charge on any atom is 0.416 e. The standard InChI is InChI=1S/C17H12F7N3O/c18-11-13(12(19)15(21)25-14(11)20)26-4-6-27(7-5-26)16(28)9-2-1-3-10(8-9)17(22,23)24/h1-3,8H,4-7H2. The lowest BCUT2D eigenvalue weighted by atomic mass is 10.1. The summed E-state index contributed by atoms with van der Waals surface area (Å²) in [6.45, 7) is -0.581. The van der Waals surface area contributed by atoms with Crippen LogP contribution in [0.2, 0.25) is 0 Å². The van der Waals surface area contributed by atoms with E-state index in [0.717, 1.165) is 17.0 Å². The van der Waals surface area contributed by atoms with E-state index in [0.29, 0.717) is 6.07 Å². The van der Waals surface area contributed by atoms with Crippen molar-refractivity contribution in [1.29, 1.82) is 0 Å². The zero-order valence-electron chi connectivity index (χ0n) is 14.0. The summed E-state index contributed by atoms with van der Waals surface area (Å²) in [5, 5.41) is 0. The highest BCUT2D eigenvalue weighted by molar-refractivity contribution is 5.94. The van der Waals surface area contributed by atoms with Crippen LogP contribution >= 0.6 is 0 Å². The Labute approximate surface area is 154 Å². The number of halogens is 7. The first kappa shape index (κ1) is 19.9. The number of amides is 1. The molecule has 3 rings (SSSR count). The summed E-state index contributed by atoms with van der Waals surface area (Å²) < 4.78 is 92.5. The van der Waals surface area contributed by atoms with Crippen LogP contribution in [0.25, 0.3) is 0 Å². The number of pyridine rings is 1. The Bertz CT molecular complexity index is 882. The second kappa shape index (κ2) is 7.28. The maximum absolute atomic E-state index is 13.8. The minimum Gasteiger partial charge on any atom is -0.363 e. The zero-order valence-corrected chi connectivity index (χ0v) is 14.0. The second-order valence-corrected chi connectivity index (χ2v) is 6.03. The Morgan fingerprint density at radius 3 is 2.04 bits per heavy atom. The smallest absolute Gasteiger partial charge is 0.363 e. The average Bonchev–Trinajstić information content (AvgIpc) is 2.66. The van der Waals surface area contributed by atoms with Crippen molar-refractivity contribution < 1.29 is 35.5 Å². The van der Waals surface area contributed by atoms with Crippen molar-refractivity contribution in [2.24, 2.45) is 0 Å². The minimum absolute atomic E-state index is 0.112. The number of piperazine rings is 1. The van der Waals surface area contributed by atoms with Crippen LogP contribution in [0.5, 0.6) is 0 Å². The molecule has 0 atom stereocenters. The minimum atomic E-state index is -4.61. The Morgan fingerprint density at radius 1 is 0.929 bits per heavy atom. The van der Waals surface area contributed by atoms with E-state index in [1.54, 1.807) is 0 Å². The molecule has 11 heteroatoms. The van der Waals surface area contributed by atoms with Crippen molar-refractivity contribution in [1.82, 2.24) is 9.88 Å². The predicted molar refractivity (Wildman–Crippen MR) is 83.6 cm³/mol. The molecule has 0 radical (unpaired) electrons. The molecule has 4 nitrogen and oxygen atoms in total. The van der Waals surface area contributed by atoms with Crippen LogP contribution in [0.3, 0.4) is 0 Å². The van der Waals surface area contributed by atoms with Crippen molar-refractivity contribution in [3.63, 3.8) is 0 Å². The summed E-state index contributed by atoms with van der Waals surface area (Å²) in [5.41, 5.74) is -2.11. The average molecular weight is 407 g/mol. The van der Waals surface area contributed by atoms with Gasteiger partial charge in [-0.05, 0) is 18.2 Å². The van der Waals surface area contributed by atoms with Crippen molar-refractivity contribution in [3.8, 4) is 0 Å². The molecule has 28 heavy (non-hydrogen) atoms. The van der Waals surface area contributed by atoms with E-state index in [2.05, 4.69) is 4.98 Å². The fraction of sp³-hybridized carbons (Fsp3) is 0.294. The van der Waals surface area contributed by atoms with Gasteiger partial charge in [0.1, 0.15) is 5.69 Å². The monoisotopic (exact) mass is 407 g/mol. The molecule has 1 aliphatic rings. The number of rotatable bonds is 2. The van der Waals surface area contributed by atoms with Crippen LogP contribution in [0.15, 0.2) is 24.3 Å². The van der Waals surface area contributed by atoms with Gasteiger partial charge in [-0.25, -0.2) is 0 Å². The summed E-state index contributed by atoms with van der Waals surface area (Å²) in [6, 6.07) is 3.85. The van der Waals surface area contributed by atoms with Crippen molar-refractivity contribution in [3.05, 3.63) is 58.9 Å². The molecular weight excluding hydrogens is 395 g/mol. The molecule has 0 spiro atoms. The molecule has 0 saturated carbocycles. The molecule has 0 unspecified atom stereocenters. The van der Waals surface area contributed by atoms with E-state index in [4.69, 9.17) is 0 Å². The molecule has 150 valence electrons. The molecule has 1 amide bonds. The van der Waals surface area contributed by atoms with Gasteiger partial charge < -0.3 is 9.80 Å². The van der Waals surface area contributed by atoms with Gasteiger partial charge in [0.25, 0.3) is 17.8 Å². The van der Waals surface area contributed by atoms with E-state index in [9.17, 15) is 35.5 Å². The van der Waals surface area contributed by atoms with E-state index in [1.807, 2.05) is 0 Å². The number of aromatic nitrogens is 1. The lowest BCUT2D eigenvalue weighted by molar-refractivity contribution is -0.137. The summed E-state index contributed by atoms with van der Waals surface area (Å²) in [7, 11) is 0. The highest BCUT2D eigenvalue weighted by Crippen LogP contribution is 2.30. The van der Waals surface area contributed by atoms with Crippen LogP contribution in [-0.4, -0.2) is 42.0 Å². The Morgan fingerprint density at radius 2 is 1.50 bits per heavy atom. The quantitative estimate of drug-likeness (QED) is 0.564. The third-order valence-corrected chi connectivity index (χ3v) is 4.29. The number of hydrogen-bond donors (Lipinski definition) is 0. The number of alkyl halides is 3. The van der Waals surface area contributed by atoms with E-state index in [-0.39, 0.29) is 31.7 Å². The van der Waals surface area contributed by atoms with Crippen LogP contribution in [0.1, 0.15) is 15.9 Å². The topological polar surface area (TPSA) is 36.4 Å². The van der Waals surface area contributed by atoms with Gasteiger partial charge in [-0.3, -0.25) is 4.79 Å². The normalized spacial score (nSPS) is 15.1. The molecule has 0 bridgehead atoms. The van der Waals surface area contributed by atoms with E-state index < -0.39 is 46.9 Å². The molecule has 1 aromatic heterocycles. The van der Waals surface area contributed by atoms with Crippen LogP contribution in [0, 0.1) is 23.5 Å². The fourth-order valence-corrected chi connectivity index (χ4v) is 2.90. The third kappa shape index (κ3) is 3.73. The first-order valence-corrected chi connectivity index (χ1v) is 8.01. The van der Waals surface area contributed by atoms with Gasteiger partial charge in [0.15, 0.2) is 0 Å². The van der Waals surface area contributed by atoms with E-state index in [1.165, 1.54) is 11.0 Å². The SMILES string of the molecule is O=C(c1cccc(C(F)(F)F)c1)N1CCN(c2c(F)c(F)nc(F)c2F)CC1. The summed E-state index contributed by atoms with van der Waals surface area (Å²) >= 11 is 0. The van der Waals surface area contributed by atoms with Crippen LogP contribution in [-0.2, 0) is 6.18 Å². The van der Waals surface area contributed by atoms with Crippen molar-refractivity contribution in [2.45, 2.75) is 6.18 Å². The number of carbonyl (C=O) groups excluding carboxylic acids is 1. The van der Waals surface area contributed by atoms with Gasteiger partial charge in [0, 0.05) is 31.7 Å². The molecule has 2 aromatic rings. The summed E-state index contributed by atoms with van der Waals surface area (Å²) in [6.07, 6.45) is -4.61. The molecule has 0 N–H and O–H groups in total. The van der Waals surface area contributed by atoms with Crippen LogP contribution in [0.4, 0.5) is 36.4 Å². The number of benzene rings is 1. The van der Waals surface area contributed by atoms with Gasteiger partial charge >= 0.3 is 6.18 Å². The molecule has 1 aliphatic heterocycles. The molecule has 0 aliphatic carbocycles. The fourth-order valence-electron chi connectivity index (χ4n) is 2.90. The summed E-state index contributed by atoms with van der Waals surface area (Å²) in [4.78, 5) is 17.1. The highest BCUT2D eigenvalue weighted by Gasteiger charge is 2.32.